The Morgan fingerprint density at radius 2 is 1.14 bits per heavy atom. The summed E-state index contributed by atoms with van der Waals surface area (Å²) in [6, 6.07) is 14.5. The zero-order valence-corrected chi connectivity index (χ0v) is 17.5. The third-order valence-corrected chi connectivity index (χ3v) is 11.8. The van der Waals surface area contributed by atoms with Crippen molar-refractivity contribution < 1.29 is 0 Å². The van der Waals surface area contributed by atoms with Crippen molar-refractivity contribution in [3.05, 3.63) is 44.6 Å². The van der Waals surface area contributed by atoms with Crippen LogP contribution in [0, 0.1) is 0 Å². The molecule has 0 unspecified atom stereocenters. The third kappa shape index (κ3) is 1.69. The van der Waals surface area contributed by atoms with Crippen molar-refractivity contribution in [3.63, 3.8) is 0 Å². The van der Waals surface area contributed by atoms with Crippen molar-refractivity contribution in [3.8, 4) is 0 Å². The third-order valence-electron chi connectivity index (χ3n) is 4.23. The number of hydrogen-bond donors (Lipinski definition) is 0. The summed E-state index contributed by atoms with van der Waals surface area (Å²) >= 11 is 3.88. The molecule has 0 aliphatic heterocycles. The van der Waals surface area contributed by atoms with Gasteiger partial charge in [-0.3, -0.25) is 0 Å². The van der Waals surface area contributed by atoms with Gasteiger partial charge in [-0.05, 0) is 0 Å². The summed E-state index contributed by atoms with van der Waals surface area (Å²) in [6.45, 7) is 0. The van der Waals surface area contributed by atoms with Gasteiger partial charge in [-0.2, -0.15) is 0 Å². The molecule has 4 heteroatoms. The first kappa shape index (κ1) is 13.0. The van der Waals surface area contributed by atoms with Crippen LogP contribution in [0.15, 0.2) is 44.6 Å². The molecule has 4 aromatic heterocycles. The molecule has 4 heterocycles. The van der Waals surface area contributed by atoms with E-state index in [2.05, 4.69) is 44.6 Å². The fourth-order valence-corrected chi connectivity index (χ4v) is 10.9. The van der Waals surface area contributed by atoms with Gasteiger partial charge in [-0.15, -0.1) is 0 Å². The first-order valence-corrected chi connectivity index (χ1v) is 13.7. The normalized spacial score (nSPS) is 12.5. The van der Waals surface area contributed by atoms with E-state index in [1.165, 1.54) is 40.3 Å². The van der Waals surface area contributed by atoms with Crippen molar-refractivity contribution in [1.82, 2.24) is 0 Å². The van der Waals surface area contributed by atoms with E-state index in [1.54, 1.807) is 6.80 Å². The number of fused-ring (bicyclic) bond motifs is 7. The van der Waals surface area contributed by atoms with Gasteiger partial charge in [0.2, 0.25) is 0 Å². The zero-order valence-electron chi connectivity index (χ0n) is 11.3. The molecule has 0 aliphatic carbocycles. The first-order valence-electron chi connectivity index (χ1n) is 7.00. The monoisotopic (exact) mass is 548 g/mol. The van der Waals surface area contributed by atoms with E-state index in [-0.39, 0.29) is 40.9 Å². The van der Waals surface area contributed by atoms with Gasteiger partial charge in [0.1, 0.15) is 0 Å². The van der Waals surface area contributed by atoms with Gasteiger partial charge in [-0.1, -0.05) is 0 Å². The average molecular weight is 544 g/mol. The van der Waals surface area contributed by atoms with Gasteiger partial charge in [0.25, 0.3) is 0 Å². The molecular weight excluding hydrogens is 536 g/mol. The van der Waals surface area contributed by atoms with Crippen molar-refractivity contribution in [2.75, 3.05) is 0 Å². The second kappa shape index (κ2) is 4.61. The second-order valence-electron chi connectivity index (χ2n) is 5.48. The minimum atomic E-state index is -0.0607. The van der Waals surface area contributed by atoms with Crippen LogP contribution in [0.3, 0.4) is 0 Å². The fourth-order valence-electron chi connectivity index (χ4n) is 3.17. The van der Waals surface area contributed by atoms with Crippen LogP contribution in [-0.4, -0.2) is 40.9 Å². The van der Waals surface area contributed by atoms with Gasteiger partial charge < -0.3 is 0 Å². The van der Waals surface area contributed by atoms with E-state index in [4.69, 9.17) is 0 Å². The number of rotatable bonds is 0. The molecule has 22 heavy (non-hydrogen) atoms. The Kier molecular flexibility index (Phi) is 2.73. The molecule has 0 atom stereocenters. The summed E-state index contributed by atoms with van der Waals surface area (Å²) in [5.41, 5.74) is 0. The molecule has 104 valence electrons. The second-order valence-corrected chi connectivity index (χ2v) is 13.0. The molecule has 0 aliphatic rings. The quantitative estimate of drug-likeness (QED) is 0.216. The zero-order chi connectivity index (χ0) is 14.3. The Morgan fingerprint density at radius 1 is 0.636 bits per heavy atom. The number of benzene rings is 2. The topological polar surface area (TPSA) is 0 Å². The summed E-state index contributed by atoms with van der Waals surface area (Å²) in [5, 5.41) is 5.91. The molecular formula is C18H8S2Te2. The molecule has 0 saturated carbocycles. The Hall–Kier alpha value is -0.321. The van der Waals surface area contributed by atoms with E-state index >= 15 is 0 Å². The molecule has 6 rings (SSSR count). The van der Waals surface area contributed by atoms with Crippen molar-refractivity contribution in [1.29, 1.82) is 0 Å². The predicted molar refractivity (Wildman–Crippen MR) is 104 cm³/mol. The SMILES string of the molecule is c1cc2cc3c(cc2[te]1)sc1c2cc4cc[te]c4cc2sc31. The Bertz CT molecular complexity index is 1220. The van der Waals surface area contributed by atoms with Gasteiger partial charge in [-0.25, -0.2) is 0 Å². The summed E-state index contributed by atoms with van der Waals surface area (Å²) < 4.78 is 14.0. The molecule has 0 bridgehead atoms. The summed E-state index contributed by atoms with van der Waals surface area (Å²) in [4.78, 5) is 0. The fraction of sp³-hybridized carbons (Fsp3) is 0. The van der Waals surface area contributed by atoms with Gasteiger partial charge in [0.05, 0.1) is 0 Å². The van der Waals surface area contributed by atoms with Crippen molar-refractivity contribution in [2.24, 2.45) is 0 Å². The van der Waals surface area contributed by atoms with Crippen molar-refractivity contribution in [2.45, 2.75) is 0 Å². The maximum absolute atomic E-state index is 2.47. The summed E-state index contributed by atoms with van der Waals surface area (Å²) in [6.07, 6.45) is 0. The van der Waals surface area contributed by atoms with Crippen LogP contribution in [-0.2, 0) is 0 Å². The molecule has 6 aromatic rings. The minimum absolute atomic E-state index is 0.0607. The molecule has 2 aromatic carbocycles. The molecule has 0 N–H and O–H groups in total. The first-order chi connectivity index (χ1) is 10.9. The van der Waals surface area contributed by atoms with Gasteiger partial charge in [0.15, 0.2) is 0 Å². The van der Waals surface area contributed by atoms with E-state index in [9.17, 15) is 0 Å². The predicted octanol–water partition coefficient (Wildman–Crippen LogP) is 5.69. The number of hydrogen-bond acceptors (Lipinski definition) is 2. The Labute approximate surface area is 153 Å². The van der Waals surface area contributed by atoms with E-state index in [0.717, 1.165) is 0 Å². The molecule has 0 nitrogen and oxygen atoms in total. The van der Waals surface area contributed by atoms with Crippen LogP contribution in [0.5, 0.6) is 0 Å². The Balaban J connectivity index is 1.86. The average Bonchev–Trinajstić information content (AvgIpc) is 3.25. The van der Waals surface area contributed by atoms with Crippen molar-refractivity contribution >= 4 is 111 Å². The van der Waals surface area contributed by atoms with E-state index in [1.807, 2.05) is 22.7 Å². The van der Waals surface area contributed by atoms with Crippen LogP contribution >= 0.6 is 22.7 Å². The van der Waals surface area contributed by atoms with Crippen LogP contribution in [0.1, 0.15) is 0 Å². The van der Waals surface area contributed by atoms with Crippen LogP contribution in [0.25, 0.3) is 47.1 Å². The van der Waals surface area contributed by atoms with Gasteiger partial charge in [0, 0.05) is 0 Å². The molecule has 0 amide bonds. The molecule has 0 radical (unpaired) electrons. The molecule has 0 spiro atoms. The molecule has 0 saturated heterocycles. The van der Waals surface area contributed by atoms with Crippen LogP contribution < -0.4 is 0 Å². The van der Waals surface area contributed by atoms with Gasteiger partial charge >= 0.3 is 155 Å². The van der Waals surface area contributed by atoms with E-state index < -0.39 is 0 Å². The van der Waals surface area contributed by atoms with Crippen LogP contribution in [0.4, 0.5) is 0 Å². The standard InChI is InChI=1S/C18H8S2Te2/c1-3-21-15-7-13-11(5-9(1)15)17-18(19-13)12-6-10-2-4-22-16(10)8-14(12)20-17/h1-8H. The summed E-state index contributed by atoms with van der Waals surface area (Å²) in [7, 11) is 0. The Morgan fingerprint density at radius 3 is 1.64 bits per heavy atom. The maximum atomic E-state index is 2.47. The van der Waals surface area contributed by atoms with E-state index in [0.29, 0.717) is 0 Å². The summed E-state index contributed by atoms with van der Waals surface area (Å²) in [5.74, 6) is 0. The number of thiophene rings is 2. The van der Waals surface area contributed by atoms with Crippen LogP contribution in [0.2, 0.25) is 0 Å². The molecule has 0 fully saturated rings.